The normalized spacial score (nSPS) is 22.1. The number of hydrogen-bond acceptors (Lipinski definition) is 10. The van der Waals surface area contributed by atoms with E-state index in [0.29, 0.717) is 11.3 Å². The molecule has 5 N–H and O–H groups in total. The standard InChI is InChI=1S/C29H30N2O10/c1-13-20(38-27-22(34)24(40-28(30)36)25(37-4)29(2,3)41-27)10-9-15-21(33)16(26(35)39-23(13)15)12-19(32)18-11-14-7-5-6-8-17(14)31-18/h5-11,22,24-25,27,31,33-34H,12H2,1-4H3,(H2,30,36)/t22-,24+,25-,27-/m1/s1. The van der Waals surface area contributed by atoms with Crippen LogP contribution in [0.2, 0.25) is 0 Å². The number of carbonyl (C=O) groups is 2. The van der Waals surface area contributed by atoms with Crippen molar-refractivity contribution in [1.29, 1.82) is 0 Å². The molecule has 2 aromatic carbocycles. The fourth-order valence-electron chi connectivity index (χ4n) is 5.24. The lowest BCUT2D eigenvalue weighted by atomic mass is 9.89. The molecular weight excluding hydrogens is 536 g/mol. The van der Waals surface area contributed by atoms with Gasteiger partial charge >= 0.3 is 11.7 Å². The Hall–Kier alpha value is -4.39. The van der Waals surface area contributed by atoms with E-state index in [2.05, 4.69) is 4.98 Å². The molecule has 0 radical (unpaired) electrons. The number of aromatic amines is 1. The quantitative estimate of drug-likeness (QED) is 0.191. The number of carbonyl (C=O) groups excluding carboxylic acids is 2. The second-order valence-corrected chi connectivity index (χ2v) is 10.4. The van der Waals surface area contributed by atoms with Gasteiger partial charge in [-0.05, 0) is 45.0 Å². The van der Waals surface area contributed by atoms with Crippen molar-refractivity contribution in [2.75, 3.05) is 7.11 Å². The number of ketones is 1. The van der Waals surface area contributed by atoms with Gasteiger partial charge in [-0.3, -0.25) is 4.79 Å². The molecule has 41 heavy (non-hydrogen) atoms. The molecule has 0 spiro atoms. The summed E-state index contributed by atoms with van der Waals surface area (Å²) < 4.78 is 27.9. The van der Waals surface area contributed by atoms with Crippen LogP contribution in [0.15, 0.2) is 51.7 Å². The van der Waals surface area contributed by atoms with E-state index in [1.54, 1.807) is 26.8 Å². The van der Waals surface area contributed by atoms with Crippen LogP contribution in [-0.2, 0) is 20.6 Å². The molecule has 0 aliphatic carbocycles. The highest BCUT2D eigenvalue weighted by atomic mass is 16.7. The Morgan fingerprint density at radius 2 is 1.90 bits per heavy atom. The van der Waals surface area contributed by atoms with E-state index in [9.17, 15) is 24.6 Å². The van der Waals surface area contributed by atoms with Gasteiger partial charge < -0.3 is 44.3 Å². The van der Waals surface area contributed by atoms with Crippen molar-refractivity contribution in [2.45, 2.75) is 57.4 Å². The molecule has 1 saturated heterocycles. The van der Waals surface area contributed by atoms with Crippen LogP contribution in [0, 0.1) is 6.92 Å². The Labute approximate surface area is 233 Å². The van der Waals surface area contributed by atoms with Crippen molar-refractivity contribution in [3.05, 3.63) is 69.7 Å². The number of aromatic hydroxyl groups is 1. The molecule has 0 bridgehead atoms. The first-order valence-corrected chi connectivity index (χ1v) is 12.8. The van der Waals surface area contributed by atoms with Crippen LogP contribution >= 0.6 is 0 Å². The average molecular weight is 567 g/mol. The summed E-state index contributed by atoms with van der Waals surface area (Å²) in [5, 5.41) is 22.9. The zero-order valence-electron chi connectivity index (χ0n) is 22.8. The molecule has 12 nitrogen and oxygen atoms in total. The number of benzene rings is 2. The van der Waals surface area contributed by atoms with Gasteiger partial charge in [-0.15, -0.1) is 0 Å². The molecular formula is C29H30N2O10. The highest BCUT2D eigenvalue weighted by molar-refractivity contribution is 6.01. The third-order valence-electron chi connectivity index (χ3n) is 7.27. The number of aliphatic hydroxyl groups is 1. The van der Waals surface area contributed by atoms with Gasteiger partial charge in [0.25, 0.3) is 0 Å². The number of nitrogens with two attached hydrogens (primary N) is 1. The number of para-hydroxylation sites is 1. The van der Waals surface area contributed by atoms with Gasteiger partial charge in [0, 0.05) is 30.0 Å². The van der Waals surface area contributed by atoms with E-state index in [4.69, 9.17) is 29.1 Å². The lowest BCUT2D eigenvalue weighted by molar-refractivity contribution is -0.304. The number of ether oxygens (including phenoxy) is 4. The van der Waals surface area contributed by atoms with E-state index in [1.807, 2.05) is 24.3 Å². The van der Waals surface area contributed by atoms with Gasteiger partial charge in [-0.25, -0.2) is 9.59 Å². The first-order valence-electron chi connectivity index (χ1n) is 12.8. The molecule has 12 heteroatoms. The summed E-state index contributed by atoms with van der Waals surface area (Å²) in [4.78, 5) is 40.4. The number of aliphatic hydroxyl groups excluding tert-OH is 1. The zero-order valence-corrected chi connectivity index (χ0v) is 22.8. The van der Waals surface area contributed by atoms with Gasteiger partial charge in [0.2, 0.25) is 6.29 Å². The number of hydrogen-bond donors (Lipinski definition) is 4. The minimum Gasteiger partial charge on any atom is -0.507 e. The molecule has 5 rings (SSSR count). The number of fused-ring (bicyclic) bond motifs is 2. The van der Waals surface area contributed by atoms with Crippen molar-refractivity contribution in [1.82, 2.24) is 4.98 Å². The number of aryl methyl sites for hydroxylation is 1. The maximum atomic E-state index is 13.0. The second-order valence-electron chi connectivity index (χ2n) is 10.4. The number of H-pyrrole nitrogens is 1. The molecule has 0 saturated carbocycles. The van der Waals surface area contributed by atoms with Crippen LogP contribution in [0.3, 0.4) is 0 Å². The predicted molar refractivity (Wildman–Crippen MR) is 146 cm³/mol. The summed E-state index contributed by atoms with van der Waals surface area (Å²) in [6, 6.07) is 12.0. The van der Waals surface area contributed by atoms with E-state index in [-0.39, 0.29) is 34.5 Å². The van der Waals surface area contributed by atoms with E-state index >= 15 is 0 Å². The Balaban J connectivity index is 1.44. The molecule has 216 valence electrons. The van der Waals surface area contributed by atoms with E-state index in [0.717, 1.165) is 10.9 Å². The molecule has 4 atom stereocenters. The highest BCUT2D eigenvalue weighted by Crippen LogP contribution is 2.37. The summed E-state index contributed by atoms with van der Waals surface area (Å²) in [6.45, 7) is 4.93. The summed E-state index contributed by atoms with van der Waals surface area (Å²) in [6.07, 6.45) is -6.37. The van der Waals surface area contributed by atoms with Crippen molar-refractivity contribution < 1.29 is 43.2 Å². The first kappa shape index (κ1) is 28.1. The monoisotopic (exact) mass is 566 g/mol. The molecule has 2 aromatic heterocycles. The third-order valence-corrected chi connectivity index (χ3v) is 7.27. The minimum atomic E-state index is -1.49. The van der Waals surface area contributed by atoms with Gasteiger partial charge in [-0.2, -0.15) is 0 Å². The third kappa shape index (κ3) is 5.12. The number of nitrogens with one attached hydrogen (secondary N) is 1. The summed E-state index contributed by atoms with van der Waals surface area (Å²) in [5.41, 5.74) is 4.48. The number of amides is 1. The predicted octanol–water partition coefficient (Wildman–Crippen LogP) is 3.07. The van der Waals surface area contributed by atoms with Crippen LogP contribution in [0.1, 0.15) is 35.5 Å². The summed E-state index contributed by atoms with van der Waals surface area (Å²) in [7, 11) is 1.38. The maximum absolute atomic E-state index is 13.0. The molecule has 0 unspecified atom stereocenters. The Morgan fingerprint density at radius 1 is 1.17 bits per heavy atom. The van der Waals surface area contributed by atoms with Crippen LogP contribution in [0.4, 0.5) is 4.79 Å². The SMILES string of the molecule is CO[C@@H]1[C@@H](OC(N)=O)[C@@H](O)[C@H](Oc2ccc3c(O)c(CC(=O)c4cc5ccccc5[nH]4)c(=O)oc3c2C)OC1(C)C. The van der Waals surface area contributed by atoms with Crippen LogP contribution in [0.25, 0.3) is 21.9 Å². The largest absolute Gasteiger partial charge is 0.507 e. The Morgan fingerprint density at radius 3 is 2.59 bits per heavy atom. The lowest BCUT2D eigenvalue weighted by Crippen LogP contribution is -2.65. The number of primary amides is 1. The average Bonchev–Trinajstić information content (AvgIpc) is 3.35. The van der Waals surface area contributed by atoms with Crippen LogP contribution in [0.5, 0.6) is 11.5 Å². The molecule has 1 amide bonds. The molecule has 1 fully saturated rings. The maximum Gasteiger partial charge on any atom is 0.404 e. The topological polar surface area (TPSA) is 184 Å². The number of Topliss-reactive ketones (excluding diaryl/α,β-unsaturated/α-hetero) is 1. The summed E-state index contributed by atoms with van der Waals surface area (Å²) >= 11 is 0. The lowest BCUT2D eigenvalue weighted by Gasteiger charge is -2.47. The Kier molecular flexibility index (Phi) is 7.24. The fraction of sp³-hybridized carbons (Fsp3) is 0.345. The Bertz CT molecular complexity index is 1670. The number of methoxy groups -OCH3 is 1. The van der Waals surface area contributed by atoms with Crippen molar-refractivity contribution in [2.24, 2.45) is 5.73 Å². The number of rotatable bonds is 7. The summed E-state index contributed by atoms with van der Waals surface area (Å²) in [5.74, 6) is -0.619. The van der Waals surface area contributed by atoms with Gasteiger partial charge in [0.15, 0.2) is 18.0 Å². The second kappa shape index (κ2) is 10.5. The van der Waals surface area contributed by atoms with Crippen molar-refractivity contribution in [3.8, 4) is 11.5 Å². The van der Waals surface area contributed by atoms with Crippen molar-refractivity contribution in [3.63, 3.8) is 0 Å². The molecule has 1 aliphatic heterocycles. The number of aromatic nitrogens is 1. The zero-order chi connectivity index (χ0) is 29.6. The van der Waals surface area contributed by atoms with E-state index in [1.165, 1.54) is 19.2 Å². The smallest absolute Gasteiger partial charge is 0.404 e. The molecule has 1 aliphatic rings. The van der Waals surface area contributed by atoms with Crippen LogP contribution < -0.4 is 16.1 Å². The van der Waals surface area contributed by atoms with E-state index < -0.39 is 47.7 Å². The molecule has 3 heterocycles. The minimum absolute atomic E-state index is 0.0241. The first-order chi connectivity index (χ1) is 19.4. The van der Waals surface area contributed by atoms with Gasteiger partial charge in [0.05, 0.1) is 22.2 Å². The molecule has 4 aromatic rings. The van der Waals surface area contributed by atoms with Crippen molar-refractivity contribution >= 4 is 33.7 Å². The van der Waals surface area contributed by atoms with Gasteiger partial charge in [-0.1, -0.05) is 18.2 Å². The fourth-order valence-corrected chi connectivity index (χ4v) is 5.24. The van der Waals surface area contributed by atoms with Gasteiger partial charge in [0.1, 0.15) is 23.2 Å². The highest BCUT2D eigenvalue weighted by Gasteiger charge is 2.53. The van der Waals surface area contributed by atoms with Crippen LogP contribution in [-0.4, -0.2) is 64.4 Å².